The van der Waals surface area contributed by atoms with Crippen molar-refractivity contribution in [2.75, 3.05) is 21.1 Å². The van der Waals surface area contributed by atoms with Crippen LogP contribution in [-0.2, 0) is 10.2 Å². The highest BCUT2D eigenvalue weighted by Gasteiger charge is 2.48. The van der Waals surface area contributed by atoms with Gasteiger partial charge in [-0.3, -0.25) is 4.79 Å². The van der Waals surface area contributed by atoms with E-state index < -0.39 is 5.41 Å². The molecule has 0 fully saturated rings. The summed E-state index contributed by atoms with van der Waals surface area (Å²) in [5.74, 6) is 0.284. The van der Waals surface area contributed by atoms with E-state index in [-0.39, 0.29) is 11.3 Å². The van der Waals surface area contributed by atoms with Crippen molar-refractivity contribution in [1.82, 2.24) is 0 Å². The molecule has 0 saturated carbocycles. The van der Waals surface area contributed by atoms with E-state index in [1.807, 2.05) is 43.3 Å². The molecule has 2 aromatic carbocycles. The number of rotatable bonds is 7. The summed E-state index contributed by atoms with van der Waals surface area (Å²) >= 11 is 0. The van der Waals surface area contributed by atoms with Gasteiger partial charge in [-0.15, -0.1) is 0 Å². The third-order valence-electron chi connectivity index (χ3n) is 5.84. The van der Waals surface area contributed by atoms with E-state index in [0.717, 1.165) is 22.0 Å². The molecule has 0 aliphatic carbocycles. The van der Waals surface area contributed by atoms with Gasteiger partial charge in [-0.05, 0) is 25.0 Å². The van der Waals surface area contributed by atoms with Crippen LogP contribution in [0.15, 0.2) is 60.7 Å². The van der Waals surface area contributed by atoms with Crippen LogP contribution >= 0.6 is 0 Å². The Hall–Kier alpha value is -1.93. The molecule has 0 bridgehead atoms. The van der Waals surface area contributed by atoms with Gasteiger partial charge in [0.05, 0.1) is 32.1 Å². The lowest BCUT2D eigenvalue weighted by molar-refractivity contribution is -0.920. The molecule has 0 spiro atoms. The molecule has 0 amide bonds. The number of benzene rings is 2. The first kappa shape index (κ1) is 19.4. The number of nitrogens with zero attached hydrogens (tertiary/aromatic N) is 1. The Bertz CT molecular complexity index is 656. The predicted molar refractivity (Wildman–Crippen MR) is 106 cm³/mol. The normalized spacial score (nSPS) is 12.9. The van der Waals surface area contributed by atoms with E-state index >= 15 is 0 Å². The molecule has 2 heteroatoms. The van der Waals surface area contributed by atoms with Gasteiger partial charge in [-0.1, -0.05) is 67.6 Å². The minimum absolute atomic E-state index is 0.0729. The Balaban J connectivity index is 2.75. The summed E-state index contributed by atoms with van der Waals surface area (Å²) in [6.45, 7) is 6.50. The fourth-order valence-electron chi connectivity index (χ4n) is 3.42. The lowest BCUT2D eigenvalue weighted by Crippen LogP contribution is -2.57. The third kappa shape index (κ3) is 3.69. The van der Waals surface area contributed by atoms with Crippen molar-refractivity contribution in [1.29, 1.82) is 0 Å². The minimum atomic E-state index is -0.619. The number of carbonyl (C=O) groups is 1. The standard InChI is InChI=1S/C23H32NO/c1-7-21(25)23(19-14-10-8-11-15-19,20-16-12-9-13-17-20)18-22(2,3)24(4,5)6/h8-17H,7,18H2,1-6H3/q+1. The largest absolute Gasteiger partial charge is 0.326 e. The van der Waals surface area contributed by atoms with Crippen LogP contribution in [0.1, 0.15) is 44.7 Å². The number of hydrogen-bond acceptors (Lipinski definition) is 1. The average Bonchev–Trinajstić information content (AvgIpc) is 2.59. The van der Waals surface area contributed by atoms with Crippen molar-refractivity contribution in [3.05, 3.63) is 71.8 Å². The molecule has 0 unspecified atom stereocenters. The van der Waals surface area contributed by atoms with Crippen molar-refractivity contribution >= 4 is 5.78 Å². The molecule has 2 aromatic rings. The van der Waals surface area contributed by atoms with Gasteiger partial charge in [-0.25, -0.2) is 0 Å². The van der Waals surface area contributed by atoms with Crippen LogP contribution in [-0.4, -0.2) is 36.9 Å². The van der Waals surface area contributed by atoms with Gasteiger partial charge in [0.25, 0.3) is 0 Å². The molecular formula is C23H32NO+. The molecule has 0 aliphatic heterocycles. The van der Waals surface area contributed by atoms with Crippen molar-refractivity contribution in [2.24, 2.45) is 0 Å². The highest BCUT2D eigenvalue weighted by atomic mass is 16.1. The van der Waals surface area contributed by atoms with Crippen LogP contribution < -0.4 is 0 Å². The number of quaternary nitrogens is 1. The molecule has 0 radical (unpaired) electrons. The van der Waals surface area contributed by atoms with Crippen molar-refractivity contribution in [2.45, 2.75) is 44.6 Å². The first-order valence-corrected chi connectivity index (χ1v) is 9.11. The van der Waals surface area contributed by atoms with Crippen molar-refractivity contribution in [3.63, 3.8) is 0 Å². The van der Waals surface area contributed by atoms with E-state index in [2.05, 4.69) is 59.3 Å². The maximum Gasteiger partial charge on any atom is 0.147 e. The molecule has 0 aliphatic rings. The zero-order valence-electron chi connectivity index (χ0n) is 16.5. The maximum absolute atomic E-state index is 13.4. The monoisotopic (exact) mass is 338 g/mol. The molecule has 0 aromatic heterocycles. The second-order valence-corrected chi connectivity index (χ2v) is 8.42. The fraction of sp³-hybridized carbons (Fsp3) is 0.435. The SMILES string of the molecule is CCC(=O)C(CC(C)(C)[N+](C)(C)C)(c1ccccc1)c1ccccc1. The molecule has 2 nitrogen and oxygen atoms in total. The molecule has 0 atom stereocenters. The minimum Gasteiger partial charge on any atom is -0.326 e. The lowest BCUT2D eigenvalue weighted by atomic mass is 9.64. The summed E-state index contributed by atoms with van der Waals surface area (Å²) in [5, 5.41) is 0. The maximum atomic E-state index is 13.4. The van der Waals surface area contributed by atoms with Gasteiger partial charge in [-0.2, -0.15) is 0 Å². The summed E-state index contributed by atoms with van der Waals surface area (Å²) in [4.78, 5) is 13.4. The second kappa shape index (κ2) is 7.13. The smallest absolute Gasteiger partial charge is 0.147 e. The van der Waals surface area contributed by atoms with Crippen LogP contribution in [0.25, 0.3) is 0 Å². The third-order valence-corrected chi connectivity index (χ3v) is 5.84. The Kier molecular flexibility index (Phi) is 5.53. The van der Waals surface area contributed by atoms with Gasteiger partial charge in [0.1, 0.15) is 5.78 Å². The van der Waals surface area contributed by atoms with E-state index in [4.69, 9.17) is 0 Å². The number of carbonyl (C=O) groups excluding carboxylic acids is 1. The lowest BCUT2D eigenvalue weighted by Gasteiger charge is -2.47. The topological polar surface area (TPSA) is 17.1 Å². The molecule has 2 rings (SSSR count). The predicted octanol–water partition coefficient (Wildman–Crippen LogP) is 4.83. The molecule has 0 saturated heterocycles. The van der Waals surface area contributed by atoms with Gasteiger partial charge >= 0.3 is 0 Å². The zero-order chi connectivity index (χ0) is 18.7. The Morgan fingerprint density at radius 2 is 1.24 bits per heavy atom. The van der Waals surface area contributed by atoms with Gasteiger partial charge in [0.2, 0.25) is 0 Å². The Labute approximate surface area is 153 Å². The van der Waals surface area contributed by atoms with Gasteiger partial charge in [0.15, 0.2) is 0 Å². The summed E-state index contributed by atoms with van der Waals surface area (Å²) < 4.78 is 0.797. The Morgan fingerprint density at radius 1 is 0.840 bits per heavy atom. The van der Waals surface area contributed by atoms with Crippen LogP contribution in [0.2, 0.25) is 0 Å². The summed E-state index contributed by atoms with van der Waals surface area (Å²) in [5.41, 5.74) is 1.49. The quantitative estimate of drug-likeness (QED) is 0.661. The van der Waals surface area contributed by atoms with E-state index in [1.54, 1.807) is 0 Å². The van der Waals surface area contributed by atoms with E-state index in [0.29, 0.717) is 6.42 Å². The summed E-state index contributed by atoms with van der Waals surface area (Å²) in [6.07, 6.45) is 1.29. The van der Waals surface area contributed by atoms with Crippen LogP contribution in [0.5, 0.6) is 0 Å². The molecular weight excluding hydrogens is 306 g/mol. The molecule has 134 valence electrons. The second-order valence-electron chi connectivity index (χ2n) is 8.42. The van der Waals surface area contributed by atoms with Gasteiger partial charge in [0, 0.05) is 12.8 Å². The average molecular weight is 339 g/mol. The zero-order valence-corrected chi connectivity index (χ0v) is 16.5. The summed E-state index contributed by atoms with van der Waals surface area (Å²) in [6, 6.07) is 20.6. The first-order valence-electron chi connectivity index (χ1n) is 9.11. The number of hydrogen-bond donors (Lipinski definition) is 0. The van der Waals surface area contributed by atoms with Crippen molar-refractivity contribution in [3.8, 4) is 0 Å². The van der Waals surface area contributed by atoms with Crippen LogP contribution in [0, 0.1) is 0 Å². The fourth-order valence-corrected chi connectivity index (χ4v) is 3.42. The Morgan fingerprint density at radius 3 is 1.56 bits per heavy atom. The highest BCUT2D eigenvalue weighted by Crippen LogP contribution is 2.43. The number of Topliss-reactive ketones (excluding diaryl/α,β-unsaturated/α-hetero) is 1. The molecule has 0 N–H and O–H groups in total. The van der Waals surface area contributed by atoms with Gasteiger partial charge < -0.3 is 4.48 Å². The van der Waals surface area contributed by atoms with E-state index in [9.17, 15) is 4.79 Å². The molecule has 25 heavy (non-hydrogen) atoms. The van der Waals surface area contributed by atoms with Crippen LogP contribution in [0.3, 0.4) is 0 Å². The van der Waals surface area contributed by atoms with Crippen LogP contribution in [0.4, 0.5) is 0 Å². The molecule has 0 heterocycles. The number of ketones is 1. The summed E-state index contributed by atoms with van der Waals surface area (Å²) in [7, 11) is 6.62. The van der Waals surface area contributed by atoms with Crippen molar-refractivity contribution < 1.29 is 9.28 Å². The highest BCUT2D eigenvalue weighted by molar-refractivity contribution is 5.93. The first-order chi connectivity index (χ1) is 11.6. The van der Waals surface area contributed by atoms with E-state index in [1.165, 1.54) is 0 Å².